The van der Waals surface area contributed by atoms with E-state index in [0.29, 0.717) is 43.6 Å². The van der Waals surface area contributed by atoms with E-state index >= 15 is 0 Å². The molecule has 0 saturated carbocycles. The molecule has 0 aliphatic carbocycles. The Morgan fingerprint density at radius 1 is 1.00 bits per heavy atom. The van der Waals surface area contributed by atoms with Crippen molar-refractivity contribution in [2.24, 2.45) is 0 Å². The van der Waals surface area contributed by atoms with Crippen LogP contribution in [0.3, 0.4) is 0 Å². The molecule has 4 aromatic rings. The summed E-state index contributed by atoms with van der Waals surface area (Å²) in [6, 6.07) is 17.8. The molecule has 40 heavy (non-hydrogen) atoms. The fourth-order valence-corrected chi connectivity index (χ4v) is 6.63. The predicted octanol–water partition coefficient (Wildman–Crippen LogP) is 7.82. The molecule has 1 unspecified atom stereocenters. The van der Waals surface area contributed by atoms with Gasteiger partial charge >= 0.3 is 5.91 Å². The lowest BCUT2D eigenvalue weighted by molar-refractivity contribution is -0.132. The topological polar surface area (TPSA) is 92.6 Å². The second-order valence-electron chi connectivity index (χ2n) is 8.53. The SMILES string of the molecule is CCOc1ccc(/C(O)=C2/C(=O)C(=O)N(c3nnc(SCc4ccccc4Cl)s3)C2c2ccc(Cl)c(Cl)c2)cc1. The van der Waals surface area contributed by atoms with Gasteiger partial charge in [-0.3, -0.25) is 14.5 Å². The summed E-state index contributed by atoms with van der Waals surface area (Å²) in [4.78, 5) is 28.1. The fourth-order valence-electron chi connectivity index (χ4n) is 4.17. The smallest absolute Gasteiger partial charge is 0.301 e. The molecule has 1 aliphatic rings. The number of ketones is 1. The number of anilines is 1. The van der Waals surface area contributed by atoms with Gasteiger partial charge in [-0.25, -0.2) is 0 Å². The molecule has 1 aliphatic heterocycles. The van der Waals surface area contributed by atoms with Crippen molar-refractivity contribution >= 4 is 80.5 Å². The number of benzene rings is 3. The summed E-state index contributed by atoms with van der Waals surface area (Å²) in [5.41, 5.74) is 1.65. The fraction of sp³-hybridized carbons (Fsp3) is 0.143. The van der Waals surface area contributed by atoms with Gasteiger partial charge in [-0.2, -0.15) is 0 Å². The van der Waals surface area contributed by atoms with E-state index in [0.717, 1.165) is 16.9 Å². The molecular weight excluding hydrogens is 613 g/mol. The first-order chi connectivity index (χ1) is 19.3. The van der Waals surface area contributed by atoms with E-state index < -0.39 is 17.7 Å². The molecule has 1 atom stereocenters. The van der Waals surface area contributed by atoms with Crippen molar-refractivity contribution < 1.29 is 19.4 Å². The first-order valence-corrected chi connectivity index (χ1v) is 14.9. The van der Waals surface area contributed by atoms with Gasteiger partial charge in [0.05, 0.1) is 28.3 Å². The Bertz CT molecular complexity index is 1630. The predicted molar refractivity (Wildman–Crippen MR) is 160 cm³/mol. The quantitative estimate of drug-likeness (QED) is 0.0696. The number of carbonyl (C=O) groups is 2. The van der Waals surface area contributed by atoms with E-state index in [1.807, 2.05) is 31.2 Å². The van der Waals surface area contributed by atoms with Crippen molar-refractivity contribution in [1.82, 2.24) is 10.2 Å². The van der Waals surface area contributed by atoms with Crippen LogP contribution in [0, 0.1) is 0 Å². The number of aromatic nitrogens is 2. The first kappa shape index (κ1) is 28.4. The molecule has 1 aromatic heterocycles. The highest BCUT2D eigenvalue weighted by molar-refractivity contribution is 8.00. The number of ether oxygens (including phenoxy) is 1. The van der Waals surface area contributed by atoms with Crippen LogP contribution in [0.2, 0.25) is 15.1 Å². The van der Waals surface area contributed by atoms with Crippen molar-refractivity contribution in [1.29, 1.82) is 0 Å². The minimum absolute atomic E-state index is 0.104. The number of hydrogen-bond donors (Lipinski definition) is 1. The number of halogens is 3. The summed E-state index contributed by atoms with van der Waals surface area (Å²) in [6.07, 6.45) is 0. The number of thioether (sulfide) groups is 1. The third kappa shape index (κ3) is 5.70. The summed E-state index contributed by atoms with van der Waals surface area (Å²) in [7, 11) is 0. The van der Waals surface area contributed by atoms with E-state index in [1.54, 1.807) is 42.5 Å². The van der Waals surface area contributed by atoms with Gasteiger partial charge in [0.2, 0.25) is 5.13 Å². The van der Waals surface area contributed by atoms with Crippen molar-refractivity contribution in [2.75, 3.05) is 11.5 Å². The van der Waals surface area contributed by atoms with Gasteiger partial charge in [0.1, 0.15) is 11.5 Å². The second-order valence-corrected chi connectivity index (χ2v) is 11.9. The number of Topliss-reactive ketones (excluding diaryl/α,β-unsaturated/α-hetero) is 1. The van der Waals surface area contributed by atoms with Crippen LogP contribution in [0.25, 0.3) is 5.76 Å². The van der Waals surface area contributed by atoms with E-state index in [1.165, 1.54) is 16.7 Å². The largest absolute Gasteiger partial charge is 0.507 e. The number of rotatable bonds is 8. The number of aliphatic hydroxyl groups excluding tert-OH is 1. The monoisotopic (exact) mass is 631 g/mol. The molecule has 5 rings (SSSR count). The maximum Gasteiger partial charge on any atom is 0.301 e. The Kier molecular flexibility index (Phi) is 8.68. The Hall–Kier alpha value is -3.08. The van der Waals surface area contributed by atoms with Crippen LogP contribution < -0.4 is 9.64 Å². The first-order valence-electron chi connectivity index (χ1n) is 12.0. The number of nitrogens with zero attached hydrogens (tertiary/aromatic N) is 3. The molecule has 12 heteroatoms. The van der Waals surface area contributed by atoms with Crippen molar-refractivity contribution in [2.45, 2.75) is 23.1 Å². The van der Waals surface area contributed by atoms with E-state index in [2.05, 4.69) is 10.2 Å². The molecule has 2 heterocycles. The number of amides is 1. The van der Waals surface area contributed by atoms with E-state index in [-0.39, 0.29) is 21.5 Å². The Morgan fingerprint density at radius 3 is 2.45 bits per heavy atom. The lowest BCUT2D eigenvalue weighted by Gasteiger charge is -2.23. The van der Waals surface area contributed by atoms with Crippen LogP contribution in [0.15, 0.2) is 76.6 Å². The van der Waals surface area contributed by atoms with Crippen LogP contribution in [-0.4, -0.2) is 33.6 Å². The molecule has 0 radical (unpaired) electrons. The lowest BCUT2D eigenvalue weighted by atomic mass is 9.95. The number of aliphatic hydroxyl groups is 1. The molecule has 3 aromatic carbocycles. The molecule has 1 N–H and O–H groups in total. The summed E-state index contributed by atoms with van der Waals surface area (Å²) in [5.74, 6) is -0.888. The molecule has 204 valence electrons. The lowest BCUT2D eigenvalue weighted by Crippen LogP contribution is -2.29. The van der Waals surface area contributed by atoms with Crippen LogP contribution in [-0.2, 0) is 15.3 Å². The second kappa shape index (κ2) is 12.2. The Labute approximate surface area is 253 Å². The van der Waals surface area contributed by atoms with Gasteiger partial charge in [0.15, 0.2) is 4.34 Å². The third-order valence-corrected chi connectivity index (χ3v) is 9.27. The molecular formula is C28H20Cl3N3O4S2. The maximum absolute atomic E-state index is 13.4. The zero-order valence-corrected chi connectivity index (χ0v) is 24.7. The van der Waals surface area contributed by atoms with Crippen LogP contribution in [0.4, 0.5) is 5.13 Å². The normalized spacial score (nSPS) is 16.5. The zero-order chi connectivity index (χ0) is 28.4. The minimum atomic E-state index is -1.02. The maximum atomic E-state index is 13.4. The third-order valence-electron chi connectivity index (χ3n) is 6.05. The summed E-state index contributed by atoms with van der Waals surface area (Å²) in [6.45, 7) is 2.34. The van der Waals surface area contributed by atoms with Crippen LogP contribution in [0.1, 0.15) is 29.7 Å². The molecule has 7 nitrogen and oxygen atoms in total. The van der Waals surface area contributed by atoms with E-state index in [4.69, 9.17) is 39.5 Å². The van der Waals surface area contributed by atoms with Gasteiger partial charge in [0.25, 0.3) is 5.78 Å². The van der Waals surface area contributed by atoms with Crippen LogP contribution >= 0.6 is 57.9 Å². The Balaban J connectivity index is 1.55. The van der Waals surface area contributed by atoms with Crippen molar-refractivity contribution in [3.8, 4) is 5.75 Å². The molecule has 1 amide bonds. The number of carbonyl (C=O) groups excluding carboxylic acids is 2. The summed E-state index contributed by atoms with van der Waals surface area (Å²) in [5, 5.41) is 21.1. The summed E-state index contributed by atoms with van der Waals surface area (Å²) < 4.78 is 6.05. The molecule has 1 fully saturated rings. The van der Waals surface area contributed by atoms with Gasteiger partial charge in [-0.1, -0.05) is 82.2 Å². The zero-order valence-electron chi connectivity index (χ0n) is 20.8. The highest BCUT2D eigenvalue weighted by Crippen LogP contribution is 2.45. The molecule has 1 saturated heterocycles. The van der Waals surface area contributed by atoms with Gasteiger partial charge in [-0.15, -0.1) is 10.2 Å². The number of hydrogen-bond acceptors (Lipinski definition) is 8. The average Bonchev–Trinajstić information content (AvgIpc) is 3.52. The van der Waals surface area contributed by atoms with Gasteiger partial charge < -0.3 is 9.84 Å². The molecule has 0 bridgehead atoms. The average molecular weight is 633 g/mol. The highest BCUT2D eigenvalue weighted by atomic mass is 35.5. The van der Waals surface area contributed by atoms with Crippen molar-refractivity contribution in [3.63, 3.8) is 0 Å². The van der Waals surface area contributed by atoms with E-state index in [9.17, 15) is 14.7 Å². The Morgan fingerprint density at radius 2 is 1.75 bits per heavy atom. The standard InChI is InChI=1S/C28H20Cl3N3O4S2/c1-2-38-18-10-7-15(8-11-18)24(35)22-23(16-9-12-20(30)21(31)13-16)34(26(37)25(22)36)27-32-33-28(40-27)39-14-17-5-3-4-6-19(17)29/h3-13,23,35H,2,14H2,1H3/b24-22-. The molecule has 0 spiro atoms. The van der Waals surface area contributed by atoms with Gasteiger partial charge in [-0.05, 0) is 60.5 Å². The van der Waals surface area contributed by atoms with Crippen LogP contribution in [0.5, 0.6) is 5.75 Å². The summed E-state index contributed by atoms with van der Waals surface area (Å²) >= 11 is 21.3. The highest BCUT2D eigenvalue weighted by Gasteiger charge is 2.48. The van der Waals surface area contributed by atoms with Crippen molar-refractivity contribution in [3.05, 3.63) is 104 Å². The van der Waals surface area contributed by atoms with Gasteiger partial charge in [0, 0.05) is 16.3 Å². The minimum Gasteiger partial charge on any atom is -0.507 e.